The lowest BCUT2D eigenvalue weighted by molar-refractivity contribution is -0.118. The van der Waals surface area contributed by atoms with Gasteiger partial charge in [-0.15, -0.1) is 0 Å². The summed E-state index contributed by atoms with van der Waals surface area (Å²) in [5.41, 5.74) is -0.708. The van der Waals surface area contributed by atoms with Gasteiger partial charge in [-0.05, 0) is 49.5 Å². The van der Waals surface area contributed by atoms with Crippen molar-refractivity contribution in [3.8, 4) is 0 Å². The van der Waals surface area contributed by atoms with E-state index in [9.17, 15) is 14.4 Å². The number of hydrogen-bond acceptors (Lipinski definition) is 5. The van der Waals surface area contributed by atoms with Crippen LogP contribution in [0.3, 0.4) is 0 Å². The van der Waals surface area contributed by atoms with E-state index >= 15 is 0 Å². The second-order valence-corrected chi connectivity index (χ2v) is 16.3. The van der Waals surface area contributed by atoms with Crippen LogP contribution >= 0.6 is 0 Å². The third kappa shape index (κ3) is 6.39. The zero-order chi connectivity index (χ0) is 27.4. The fourth-order valence-corrected chi connectivity index (χ4v) is 10.1. The van der Waals surface area contributed by atoms with Crippen LogP contribution in [0.25, 0.3) is 0 Å². The molecule has 0 unspecified atom stereocenters. The number of carbonyl (C=O) groups excluding carboxylic acids is 3. The van der Waals surface area contributed by atoms with E-state index in [0.717, 1.165) is 16.7 Å². The summed E-state index contributed by atoms with van der Waals surface area (Å²) >= 11 is 0. The first-order valence-corrected chi connectivity index (χ1v) is 14.9. The van der Waals surface area contributed by atoms with Gasteiger partial charge < -0.3 is 14.0 Å². The molecule has 1 amide bonds. The van der Waals surface area contributed by atoms with E-state index in [4.69, 9.17) is 9.16 Å². The number of nitrogens with zero attached hydrogens (tertiary/aromatic N) is 1. The third-order valence-corrected chi connectivity index (χ3v) is 12.0. The second kappa shape index (κ2) is 11.3. The number of Topliss-reactive ketones (excluding diaryl/α,β-unsaturated/α-hetero) is 1. The quantitative estimate of drug-likeness (QED) is 0.369. The zero-order valence-corrected chi connectivity index (χ0v) is 24.2. The van der Waals surface area contributed by atoms with Crippen LogP contribution in [0.5, 0.6) is 0 Å². The SMILES string of the molecule is CC(=O)C[C@H]1[C@H](C=O)C[C@@H](CO[Si](c2ccccc2)(c2ccccc2)C(C)(C)C)N1C(=O)OC(C)(C)C. The highest BCUT2D eigenvalue weighted by molar-refractivity contribution is 6.99. The Morgan fingerprint density at radius 3 is 1.86 bits per heavy atom. The van der Waals surface area contributed by atoms with E-state index < -0.39 is 38.0 Å². The Hall–Kier alpha value is -2.77. The third-order valence-electron chi connectivity index (χ3n) is 6.97. The first-order valence-electron chi connectivity index (χ1n) is 13.0. The van der Waals surface area contributed by atoms with E-state index in [0.29, 0.717) is 6.42 Å². The molecule has 6 nitrogen and oxygen atoms in total. The molecular weight excluding hydrogens is 482 g/mol. The number of ether oxygens (including phenoxy) is 1. The largest absolute Gasteiger partial charge is 0.444 e. The van der Waals surface area contributed by atoms with Crippen molar-refractivity contribution >= 4 is 36.9 Å². The van der Waals surface area contributed by atoms with Crippen molar-refractivity contribution in [1.82, 2.24) is 4.90 Å². The Morgan fingerprint density at radius 1 is 0.946 bits per heavy atom. The molecule has 0 bridgehead atoms. The van der Waals surface area contributed by atoms with E-state index in [-0.39, 0.29) is 23.8 Å². The van der Waals surface area contributed by atoms with E-state index in [1.807, 2.05) is 57.2 Å². The Labute approximate surface area is 222 Å². The van der Waals surface area contributed by atoms with Crippen molar-refractivity contribution < 1.29 is 23.5 Å². The van der Waals surface area contributed by atoms with Gasteiger partial charge in [0, 0.05) is 12.3 Å². The maximum Gasteiger partial charge on any atom is 0.410 e. The zero-order valence-electron chi connectivity index (χ0n) is 23.2. The van der Waals surface area contributed by atoms with Crippen molar-refractivity contribution in [1.29, 1.82) is 0 Å². The van der Waals surface area contributed by atoms with Gasteiger partial charge in [0.15, 0.2) is 0 Å². The van der Waals surface area contributed by atoms with Gasteiger partial charge in [0.1, 0.15) is 17.7 Å². The van der Waals surface area contributed by atoms with Crippen molar-refractivity contribution in [2.45, 2.75) is 84.0 Å². The molecule has 2 aromatic carbocycles. The molecule has 2 aromatic rings. The number of rotatable bonds is 8. The molecule has 1 fully saturated rings. The number of hydrogen-bond donors (Lipinski definition) is 0. The normalized spacial score (nSPS) is 20.5. The molecule has 0 radical (unpaired) electrons. The molecule has 7 heteroatoms. The van der Waals surface area contributed by atoms with E-state index in [1.165, 1.54) is 6.92 Å². The monoisotopic (exact) mass is 523 g/mol. The number of likely N-dealkylation sites (tertiary alicyclic amines) is 1. The van der Waals surface area contributed by atoms with Gasteiger partial charge in [-0.25, -0.2) is 4.79 Å². The Bertz CT molecular complexity index is 1040. The summed E-state index contributed by atoms with van der Waals surface area (Å²) in [6.07, 6.45) is 0.893. The van der Waals surface area contributed by atoms with Crippen molar-refractivity contribution in [3.05, 3.63) is 60.7 Å². The van der Waals surface area contributed by atoms with Crippen molar-refractivity contribution in [2.24, 2.45) is 5.92 Å². The maximum atomic E-state index is 13.4. The Kier molecular flexibility index (Phi) is 8.80. The molecule has 0 spiro atoms. The summed E-state index contributed by atoms with van der Waals surface area (Å²) in [4.78, 5) is 39.2. The lowest BCUT2D eigenvalue weighted by Gasteiger charge is -2.44. The predicted molar refractivity (Wildman–Crippen MR) is 149 cm³/mol. The number of aldehydes is 1. The van der Waals surface area contributed by atoms with E-state index in [1.54, 1.807) is 4.90 Å². The molecule has 1 heterocycles. The van der Waals surface area contributed by atoms with Gasteiger partial charge >= 0.3 is 6.09 Å². The van der Waals surface area contributed by atoms with Crippen molar-refractivity contribution in [2.75, 3.05) is 6.61 Å². The molecule has 1 aliphatic heterocycles. The van der Waals surface area contributed by atoms with Crippen LogP contribution in [-0.4, -0.2) is 55.7 Å². The molecule has 0 saturated carbocycles. The summed E-state index contributed by atoms with van der Waals surface area (Å²) in [6, 6.07) is 19.7. The van der Waals surface area contributed by atoms with Gasteiger partial charge in [0.25, 0.3) is 8.32 Å². The molecule has 0 N–H and O–H groups in total. The molecule has 200 valence electrons. The van der Waals surface area contributed by atoms with Gasteiger partial charge in [0.2, 0.25) is 0 Å². The molecule has 37 heavy (non-hydrogen) atoms. The van der Waals surface area contributed by atoms with Gasteiger partial charge in [0.05, 0.1) is 18.7 Å². The van der Waals surface area contributed by atoms with E-state index in [2.05, 4.69) is 45.0 Å². The van der Waals surface area contributed by atoms with Crippen LogP contribution in [0.1, 0.15) is 61.3 Å². The minimum Gasteiger partial charge on any atom is -0.444 e. The van der Waals surface area contributed by atoms with Crippen LogP contribution in [-0.2, 0) is 18.8 Å². The van der Waals surface area contributed by atoms with Crippen LogP contribution < -0.4 is 10.4 Å². The first-order chi connectivity index (χ1) is 17.3. The summed E-state index contributed by atoms with van der Waals surface area (Å²) < 4.78 is 12.8. The summed E-state index contributed by atoms with van der Waals surface area (Å²) in [5.74, 6) is -0.525. The highest BCUT2D eigenvalue weighted by Gasteiger charge is 2.52. The van der Waals surface area contributed by atoms with Gasteiger partial charge in [-0.2, -0.15) is 0 Å². The number of amides is 1. The molecule has 1 aliphatic rings. The summed E-state index contributed by atoms with van der Waals surface area (Å²) in [6.45, 7) is 13.8. The minimum atomic E-state index is -2.85. The molecular formula is C30H41NO5Si. The minimum absolute atomic E-state index is 0.0704. The maximum absolute atomic E-state index is 13.4. The molecule has 1 saturated heterocycles. The topological polar surface area (TPSA) is 72.9 Å². The van der Waals surface area contributed by atoms with Crippen LogP contribution in [0.15, 0.2) is 60.7 Å². The molecule has 0 aromatic heterocycles. The van der Waals surface area contributed by atoms with Gasteiger partial charge in [-0.3, -0.25) is 9.69 Å². The average Bonchev–Trinajstić information content (AvgIpc) is 3.15. The Morgan fingerprint density at radius 2 is 1.46 bits per heavy atom. The predicted octanol–water partition coefficient (Wildman–Crippen LogP) is 4.74. The standard InChI is InChI=1S/C30H41NO5Si/c1-22(33)18-27-23(20-32)19-24(31(27)28(34)36-29(2,3)4)21-35-37(30(5,6)7,25-14-10-8-11-15-25)26-16-12-9-13-17-26/h8-17,20,23-24,27H,18-19,21H2,1-7H3/t23-,24-,27-/m0/s1. The number of benzene rings is 2. The first kappa shape index (κ1) is 28.8. The average molecular weight is 524 g/mol. The van der Waals surface area contributed by atoms with Crippen molar-refractivity contribution in [3.63, 3.8) is 0 Å². The Balaban J connectivity index is 2.06. The van der Waals surface area contributed by atoms with Crippen LogP contribution in [0.2, 0.25) is 5.04 Å². The number of carbonyl (C=O) groups is 3. The second-order valence-electron chi connectivity index (χ2n) is 12.0. The molecule has 0 aliphatic carbocycles. The smallest absolute Gasteiger partial charge is 0.410 e. The summed E-state index contributed by atoms with van der Waals surface area (Å²) in [5, 5.41) is 2.05. The van der Waals surface area contributed by atoms with Crippen LogP contribution in [0.4, 0.5) is 4.79 Å². The molecule has 3 atom stereocenters. The molecule has 3 rings (SSSR count). The summed E-state index contributed by atoms with van der Waals surface area (Å²) in [7, 11) is -2.85. The fraction of sp³-hybridized carbons (Fsp3) is 0.500. The fourth-order valence-electron chi connectivity index (χ4n) is 5.48. The van der Waals surface area contributed by atoms with Crippen LogP contribution in [0, 0.1) is 5.92 Å². The van der Waals surface area contributed by atoms with Gasteiger partial charge in [-0.1, -0.05) is 81.4 Å². The highest BCUT2D eigenvalue weighted by Crippen LogP contribution is 2.39. The lowest BCUT2D eigenvalue weighted by Crippen LogP contribution is -2.67. The highest BCUT2D eigenvalue weighted by atomic mass is 28.4. The lowest BCUT2D eigenvalue weighted by atomic mass is 9.97. The number of ketones is 1.